The van der Waals surface area contributed by atoms with Crippen molar-refractivity contribution in [2.45, 2.75) is 44.9 Å². The van der Waals surface area contributed by atoms with Crippen LogP contribution in [0.15, 0.2) is 48.8 Å². The van der Waals surface area contributed by atoms with Crippen LogP contribution in [0.4, 0.5) is 5.69 Å². The third-order valence-corrected chi connectivity index (χ3v) is 6.92. The summed E-state index contributed by atoms with van der Waals surface area (Å²) < 4.78 is 5.57. The van der Waals surface area contributed by atoms with Gasteiger partial charge >= 0.3 is 0 Å². The van der Waals surface area contributed by atoms with Crippen molar-refractivity contribution in [1.82, 2.24) is 10.2 Å². The summed E-state index contributed by atoms with van der Waals surface area (Å²) in [4.78, 5) is 34.5. The number of rotatable bonds is 5. The number of hydroxylamine groups is 1. The third-order valence-electron chi connectivity index (χ3n) is 6.92. The molecule has 3 atom stereocenters. The van der Waals surface area contributed by atoms with E-state index < -0.39 is 22.7 Å². The lowest BCUT2D eigenvalue weighted by Gasteiger charge is -2.57. The van der Waals surface area contributed by atoms with Crippen LogP contribution in [0, 0.1) is 11.3 Å². The lowest BCUT2D eigenvalue weighted by molar-refractivity contribution is -0.153. The van der Waals surface area contributed by atoms with E-state index in [0.717, 1.165) is 11.3 Å². The lowest BCUT2D eigenvalue weighted by Crippen LogP contribution is -2.77. The van der Waals surface area contributed by atoms with Gasteiger partial charge in [-0.25, -0.2) is 5.06 Å². The van der Waals surface area contributed by atoms with Crippen LogP contribution in [0.3, 0.4) is 0 Å². The number of carbonyl (C=O) groups is 2. The monoisotopic (exact) mass is 411 g/mol. The number of amides is 2. The zero-order chi connectivity index (χ0) is 22.1. The Hall–Kier alpha value is -2.80. The number of allylic oxidation sites excluding steroid dienone is 1. The molecule has 3 aliphatic rings. The van der Waals surface area contributed by atoms with Gasteiger partial charge in [0.05, 0.1) is 25.3 Å². The van der Waals surface area contributed by atoms with Crippen molar-refractivity contribution in [3.05, 3.63) is 54.3 Å². The van der Waals surface area contributed by atoms with Crippen molar-refractivity contribution in [1.29, 1.82) is 0 Å². The summed E-state index contributed by atoms with van der Waals surface area (Å²) in [5.74, 6) is -1.77. The van der Waals surface area contributed by atoms with E-state index in [9.17, 15) is 9.59 Å². The third kappa shape index (κ3) is 2.03. The number of methoxy groups -OCH3 is 1. The van der Waals surface area contributed by atoms with Crippen molar-refractivity contribution < 1.29 is 19.2 Å². The minimum Gasteiger partial charge on any atom is -0.491 e. The van der Waals surface area contributed by atoms with Crippen molar-refractivity contribution >= 4 is 17.5 Å². The molecule has 1 N–H and O–H groups in total. The summed E-state index contributed by atoms with van der Waals surface area (Å²) in [5.41, 5.74) is 0.199. The van der Waals surface area contributed by atoms with E-state index in [1.807, 2.05) is 64.1 Å². The van der Waals surface area contributed by atoms with Gasteiger partial charge in [-0.2, -0.15) is 0 Å². The first kappa shape index (κ1) is 20.5. The van der Waals surface area contributed by atoms with Gasteiger partial charge in [-0.15, -0.1) is 6.58 Å². The number of hydrogen-bond acceptors (Lipinski definition) is 5. The molecule has 3 aliphatic heterocycles. The van der Waals surface area contributed by atoms with Gasteiger partial charge in [0, 0.05) is 5.41 Å². The predicted octanol–water partition coefficient (Wildman–Crippen LogP) is 2.70. The lowest BCUT2D eigenvalue weighted by atomic mass is 9.57. The molecule has 2 amide bonds. The minimum absolute atomic E-state index is 0.114. The zero-order valence-electron chi connectivity index (χ0n) is 18.4. The maximum Gasteiger partial charge on any atom is 0.292 e. The number of nitrogens with one attached hydrogen (secondary N) is 1. The number of carbonyl (C=O) groups excluding carboxylic acids is 2. The first-order valence-corrected chi connectivity index (χ1v) is 10.1. The van der Waals surface area contributed by atoms with Gasteiger partial charge in [-0.05, 0) is 23.6 Å². The van der Waals surface area contributed by atoms with Crippen LogP contribution in [0.1, 0.15) is 33.3 Å². The van der Waals surface area contributed by atoms with Crippen LogP contribution in [-0.2, 0) is 24.6 Å². The van der Waals surface area contributed by atoms with E-state index in [2.05, 4.69) is 11.9 Å². The van der Waals surface area contributed by atoms with Crippen molar-refractivity contribution in [2.24, 2.45) is 11.3 Å². The highest BCUT2D eigenvalue weighted by Crippen LogP contribution is 2.64. The van der Waals surface area contributed by atoms with E-state index in [0.29, 0.717) is 0 Å². The molecule has 7 nitrogen and oxygen atoms in total. The Bertz CT molecular complexity index is 969. The van der Waals surface area contributed by atoms with Gasteiger partial charge in [-0.3, -0.25) is 19.3 Å². The first-order valence-electron chi connectivity index (χ1n) is 10.1. The first-order chi connectivity index (χ1) is 14.1. The number of anilines is 1. The van der Waals surface area contributed by atoms with Crippen LogP contribution >= 0.6 is 0 Å². The number of nitrogens with zero attached hydrogens (tertiary/aromatic N) is 2. The summed E-state index contributed by atoms with van der Waals surface area (Å²) in [6.45, 7) is 12.0. The molecular weight excluding hydrogens is 382 g/mol. The molecule has 160 valence electrons. The molecule has 1 aromatic rings. The topological polar surface area (TPSA) is 71.1 Å². The van der Waals surface area contributed by atoms with Crippen LogP contribution in [0.2, 0.25) is 0 Å². The second kappa shape index (κ2) is 6.35. The molecule has 0 unspecified atom stereocenters. The van der Waals surface area contributed by atoms with Crippen molar-refractivity contribution in [3.63, 3.8) is 0 Å². The summed E-state index contributed by atoms with van der Waals surface area (Å²) in [7, 11) is 3.03. The zero-order valence-corrected chi connectivity index (χ0v) is 18.4. The standard InChI is InChI=1S/C23H29N3O4/c1-8-21(4,5)22-13-17(29-6)20(28)25-18(14(2)3)19(27)24-23(22,25)26(30-7)16-12-10-9-11-15(16)22/h8-14,18H,1H2,2-7H3,(H,24,27)/t18-,22-,23-/m1/s1. The highest BCUT2D eigenvalue weighted by atomic mass is 16.7. The number of hydrogen-bond donors (Lipinski definition) is 1. The Morgan fingerprint density at radius 2 is 1.90 bits per heavy atom. The Morgan fingerprint density at radius 1 is 1.23 bits per heavy atom. The molecular formula is C23H29N3O4. The molecule has 30 heavy (non-hydrogen) atoms. The summed E-state index contributed by atoms with van der Waals surface area (Å²) >= 11 is 0. The van der Waals surface area contributed by atoms with E-state index in [4.69, 9.17) is 9.57 Å². The Morgan fingerprint density at radius 3 is 2.47 bits per heavy atom. The maximum atomic E-state index is 13.6. The normalized spacial score (nSPS) is 30.0. The molecule has 1 spiro atoms. The Balaban J connectivity index is 2.20. The molecule has 4 rings (SSSR count). The highest BCUT2D eigenvalue weighted by Gasteiger charge is 2.77. The second-order valence-electron chi connectivity index (χ2n) is 8.97. The van der Waals surface area contributed by atoms with Crippen LogP contribution in [0.5, 0.6) is 0 Å². The molecule has 0 saturated carbocycles. The van der Waals surface area contributed by atoms with E-state index in [-0.39, 0.29) is 23.5 Å². The van der Waals surface area contributed by atoms with E-state index in [1.165, 1.54) is 7.11 Å². The van der Waals surface area contributed by atoms with Gasteiger partial charge in [-0.1, -0.05) is 52.0 Å². The maximum absolute atomic E-state index is 13.6. The number of fused-ring (bicyclic) bond motifs is 2. The molecule has 1 fully saturated rings. The molecule has 7 heteroatoms. The largest absolute Gasteiger partial charge is 0.491 e. The van der Waals surface area contributed by atoms with Gasteiger partial charge in [0.25, 0.3) is 5.91 Å². The van der Waals surface area contributed by atoms with Gasteiger partial charge < -0.3 is 10.1 Å². The Kier molecular flexibility index (Phi) is 4.33. The number of ether oxygens (including phenoxy) is 1. The molecule has 0 bridgehead atoms. The quantitative estimate of drug-likeness (QED) is 0.755. The van der Waals surface area contributed by atoms with Crippen LogP contribution in [-0.4, -0.2) is 42.8 Å². The van der Waals surface area contributed by atoms with Crippen molar-refractivity contribution in [3.8, 4) is 0 Å². The molecule has 0 aromatic heterocycles. The molecule has 0 radical (unpaired) electrons. The average molecular weight is 412 g/mol. The Labute approximate surface area is 177 Å². The summed E-state index contributed by atoms with van der Waals surface area (Å²) in [6.07, 6.45) is 3.70. The molecule has 3 heterocycles. The fourth-order valence-electron chi connectivity index (χ4n) is 5.52. The summed E-state index contributed by atoms with van der Waals surface area (Å²) in [6, 6.07) is 7.13. The van der Waals surface area contributed by atoms with E-state index >= 15 is 0 Å². The number of para-hydroxylation sites is 1. The van der Waals surface area contributed by atoms with Gasteiger partial charge in [0.15, 0.2) is 5.76 Å². The van der Waals surface area contributed by atoms with Crippen LogP contribution < -0.4 is 10.4 Å². The predicted molar refractivity (Wildman–Crippen MR) is 113 cm³/mol. The fourth-order valence-corrected chi connectivity index (χ4v) is 5.52. The second-order valence-corrected chi connectivity index (χ2v) is 8.97. The smallest absolute Gasteiger partial charge is 0.292 e. The molecule has 1 saturated heterocycles. The molecule has 0 aliphatic carbocycles. The van der Waals surface area contributed by atoms with Gasteiger partial charge in [0.2, 0.25) is 11.7 Å². The SMILES string of the molecule is C=CC(C)(C)[C@]12C=C(OC)C(=O)N3[C@H](C(C)C)C(=O)N[C@@]31N(OC)c1ccccc12. The van der Waals surface area contributed by atoms with E-state index in [1.54, 1.807) is 17.1 Å². The summed E-state index contributed by atoms with van der Waals surface area (Å²) in [5, 5.41) is 4.85. The molecule has 1 aromatic carbocycles. The van der Waals surface area contributed by atoms with Crippen LogP contribution in [0.25, 0.3) is 0 Å². The fraction of sp³-hybridized carbons (Fsp3) is 0.478. The highest BCUT2D eigenvalue weighted by molar-refractivity contribution is 6.02. The van der Waals surface area contributed by atoms with Gasteiger partial charge in [0.1, 0.15) is 6.04 Å². The minimum atomic E-state index is -1.30. The van der Waals surface area contributed by atoms with Crippen molar-refractivity contribution in [2.75, 3.05) is 19.3 Å². The number of benzene rings is 1. The average Bonchev–Trinajstić information content (AvgIpc) is 3.16.